The molecule has 0 fully saturated rings. The Hall–Kier alpha value is 0.590. The molecule has 68 valence electrons. The molecule has 0 amide bonds. The van der Waals surface area contributed by atoms with Crippen molar-refractivity contribution in [2.75, 3.05) is 0 Å². The quantitative estimate of drug-likeness (QED) is 0.714. The molecule has 0 unspecified atom stereocenters. The monoisotopic (exact) mass is 411 g/mol. The van der Waals surface area contributed by atoms with Crippen molar-refractivity contribution < 1.29 is 8.42 Å². The Balaban J connectivity index is 0.00000121. The molecule has 0 radical (unpaired) electrons. The molecular formula is C6H7I2NO2S. The number of hydrogen-bond acceptors (Lipinski definition) is 2. The molecule has 0 aromatic heterocycles. The minimum atomic E-state index is -3.52. The molecule has 2 N–H and O–H groups in total. The first-order valence-electron chi connectivity index (χ1n) is 2.78. The highest BCUT2D eigenvalue weighted by atomic mass is 127. The Morgan fingerprint density at radius 3 is 1.92 bits per heavy atom. The summed E-state index contributed by atoms with van der Waals surface area (Å²) in [5.74, 6) is 0. The molecule has 0 saturated heterocycles. The van der Waals surface area contributed by atoms with Crippen LogP contribution < -0.4 is 5.14 Å². The van der Waals surface area contributed by atoms with Gasteiger partial charge in [-0.2, -0.15) is 0 Å². The molecule has 0 spiro atoms. The van der Waals surface area contributed by atoms with Gasteiger partial charge in [-0.25, -0.2) is 13.6 Å². The Labute approximate surface area is 102 Å². The average molecular weight is 411 g/mol. The van der Waals surface area contributed by atoms with Crippen LogP contribution >= 0.6 is 46.6 Å². The fourth-order valence-electron chi connectivity index (χ4n) is 0.624. The van der Waals surface area contributed by atoms with Gasteiger partial charge in [0, 0.05) is 3.57 Å². The number of rotatable bonds is 1. The Morgan fingerprint density at radius 1 is 1.17 bits per heavy atom. The molecule has 0 bridgehead atoms. The van der Waals surface area contributed by atoms with Crippen molar-refractivity contribution in [3.8, 4) is 0 Å². The van der Waals surface area contributed by atoms with Crippen LogP contribution in [0.3, 0.4) is 0 Å². The van der Waals surface area contributed by atoms with E-state index in [4.69, 9.17) is 5.14 Å². The summed E-state index contributed by atoms with van der Waals surface area (Å²) < 4.78 is 22.4. The Bertz CT molecular complexity index is 346. The highest BCUT2D eigenvalue weighted by molar-refractivity contribution is 14.1. The van der Waals surface area contributed by atoms with E-state index in [1.165, 1.54) is 12.1 Å². The van der Waals surface area contributed by atoms with Crippen molar-refractivity contribution in [2.45, 2.75) is 4.90 Å². The molecule has 0 aliphatic rings. The van der Waals surface area contributed by atoms with Crippen molar-refractivity contribution in [1.29, 1.82) is 0 Å². The number of nitrogens with two attached hydrogens (primary N) is 1. The SMILES string of the molecule is I.NS(=O)(=O)c1ccc(I)cc1. The zero-order chi connectivity index (χ0) is 8.48. The molecule has 1 aromatic carbocycles. The van der Waals surface area contributed by atoms with Gasteiger partial charge in [0.05, 0.1) is 4.90 Å². The molecule has 1 aromatic rings. The summed E-state index contributed by atoms with van der Waals surface area (Å²) in [5, 5.41) is 4.88. The second-order valence-electron chi connectivity index (χ2n) is 2.00. The van der Waals surface area contributed by atoms with Crippen LogP contribution in [0.5, 0.6) is 0 Å². The average Bonchev–Trinajstić information content (AvgIpc) is 1.86. The van der Waals surface area contributed by atoms with E-state index in [1.54, 1.807) is 12.1 Å². The fourth-order valence-corrected chi connectivity index (χ4v) is 1.50. The van der Waals surface area contributed by atoms with Gasteiger partial charge in [-0.1, -0.05) is 0 Å². The van der Waals surface area contributed by atoms with Crippen LogP contribution in [0.4, 0.5) is 0 Å². The zero-order valence-electron chi connectivity index (χ0n) is 5.90. The van der Waals surface area contributed by atoms with Crippen molar-refractivity contribution in [3.63, 3.8) is 0 Å². The highest BCUT2D eigenvalue weighted by Gasteiger charge is 2.05. The van der Waals surface area contributed by atoms with E-state index in [1.807, 2.05) is 0 Å². The predicted octanol–water partition coefficient (Wildman–Crippen LogP) is 1.56. The lowest BCUT2D eigenvalue weighted by atomic mass is 10.4. The molecule has 0 atom stereocenters. The number of halogens is 2. The van der Waals surface area contributed by atoms with Crippen molar-refractivity contribution >= 4 is 56.6 Å². The number of benzene rings is 1. The minimum absolute atomic E-state index is 0. The van der Waals surface area contributed by atoms with Crippen LogP contribution in [0.1, 0.15) is 0 Å². The van der Waals surface area contributed by atoms with Gasteiger partial charge >= 0.3 is 0 Å². The standard InChI is InChI=1S/C6H6INO2S.HI/c7-5-1-3-6(4-2-5)11(8,9)10;/h1-4H,(H2,8,9,10);1H. The molecule has 0 heterocycles. The molecule has 0 saturated carbocycles. The summed E-state index contributed by atoms with van der Waals surface area (Å²) in [6.07, 6.45) is 0. The van der Waals surface area contributed by atoms with Gasteiger partial charge < -0.3 is 0 Å². The van der Waals surface area contributed by atoms with E-state index in [0.717, 1.165) is 3.57 Å². The molecule has 1 rings (SSSR count). The van der Waals surface area contributed by atoms with E-state index in [-0.39, 0.29) is 28.9 Å². The summed E-state index contributed by atoms with van der Waals surface area (Å²) in [6.45, 7) is 0. The smallest absolute Gasteiger partial charge is 0.225 e. The summed E-state index contributed by atoms with van der Waals surface area (Å²) in [7, 11) is -3.52. The third-order valence-electron chi connectivity index (χ3n) is 1.14. The second-order valence-corrected chi connectivity index (χ2v) is 4.81. The van der Waals surface area contributed by atoms with Crippen LogP contribution in [0, 0.1) is 3.57 Å². The number of hydrogen-bond donors (Lipinski definition) is 1. The van der Waals surface area contributed by atoms with E-state index < -0.39 is 10.0 Å². The zero-order valence-corrected chi connectivity index (χ0v) is 11.2. The minimum Gasteiger partial charge on any atom is -0.225 e. The summed E-state index contributed by atoms with van der Waals surface area (Å²) in [5.41, 5.74) is 0. The first-order valence-corrected chi connectivity index (χ1v) is 5.41. The van der Waals surface area contributed by atoms with Gasteiger partial charge in [0.15, 0.2) is 0 Å². The van der Waals surface area contributed by atoms with E-state index in [2.05, 4.69) is 22.6 Å². The lowest BCUT2D eigenvalue weighted by Crippen LogP contribution is -2.11. The molecule has 12 heavy (non-hydrogen) atoms. The lowest BCUT2D eigenvalue weighted by Gasteiger charge is -1.95. The van der Waals surface area contributed by atoms with Crippen LogP contribution in [0.2, 0.25) is 0 Å². The third-order valence-corrected chi connectivity index (χ3v) is 2.79. The highest BCUT2D eigenvalue weighted by Crippen LogP contribution is 2.09. The van der Waals surface area contributed by atoms with Crippen LogP contribution in [0.25, 0.3) is 0 Å². The second kappa shape index (κ2) is 4.72. The topological polar surface area (TPSA) is 60.2 Å². The lowest BCUT2D eigenvalue weighted by molar-refractivity contribution is 0.598. The van der Waals surface area contributed by atoms with E-state index >= 15 is 0 Å². The van der Waals surface area contributed by atoms with E-state index in [9.17, 15) is 8.42 Å². The molecule has 6 heteroatoms. The maximum absolute atomic E-state index is 10.7. The molecular weight excluding hydrogens is 404 g/mol. The fraction of sp³-hybridized carbons (Fsp3) is 0. The first-order chi connectivity index (χ1) is 5.00. The normalized spacial score (nSPS) is 10.5. The number of sulfonamides is 1. The summed E-state index contributed by atoms with van der Waals surface area (Å²) in [4.78, 5) is 0.151. The molecule has 0 aliphatic carbocycles. The maximum Gasteiger partial charge on any atom is 0.238 e. The largest absolute Gasteiger partial charge is 0.238 e. The first kappa shape index (κ1) is 12.6. The molecule has 3 nitrogen and oxygen atoms in total. The summed E-state index contributed by atoms with van der Waals surface area (Å²) >= 11 is 2.09. The van der Waals surface area contributed by atoms with Crippen LogP contribution in [-0.2, 0) is 10.0 Å². The van der Waals surface area contributed by atoms with Gasteiger partial charge in [-0.3, -0.25) is 0 Å². The van der Waals surface area contributed by atoms with Gasteiger partial charge in [0.25, 0.3) is 0 Å². The van der Waals surface area contributed by atoms with E-state index in [0.29, 0.717) is 0 Å². The number of primary sulfonamides is 1. The van der Waals surface area contributed by atoms with Gasteiger partial charge in [-0.15, -0.1) is 24.0 Å². The van der Waals surface area contributed by atoms with Crippen molar-refractivity contribution in [1.82, 2.24) is 0 Å². The van der Waals surface area contributed by atoms with Gasteiger partial charge in [0.1, 0.15) is 0 Å². The van der Waals surface area contributed by atoms with Crippen molar-refractivity contribution in [3.05, 3.63) is 27.8 Å². The summed E-state index contributed by atoms with van der Waals surface area (Å²) in [6, 6.07) is 6.36. The maximum atomic E-state index is 10.7. The van der Waals surface area contributed by atoms with Gasteiger partial charge in [0.2, 0.25) is 10.0 Å². The van der Waals surface area contributed by atoms with Crippen LogP contribution in [-0.4, -0.2) is 8.42 Å². The molecule has 0 aliphatic heterocycles. The predicted molar refractivity (Wildman–Crippen MR) is 65.9 cm³/mol. The third kappa shape index (κ3) is 3.54. The Kier molecular flexibility index (Phi) is 4.95. The van der Waals surface area contributed by atoms with Crippen molar-refractivity contribution in [2.24, 2.45) is 5.14 Å². The Morgan fingerprint density at radius 2 is 1.58 bits per heavy atom. The van der Waals surface area contributed by atoms with Gasteiger partial charge in [-0.05, 0) is 46.9 Å². The van der Waals surface area contributed by atoms with Crippen LogP contribution in [0.15, 0.2) is 29.2 Å².